The Morgan fingerprint density at radius 2 is 1.79 bits per heavy atom. The highest BCUT2D eigenvalue weighted by Crippen LogP contribution is 2.26. The van der Waals surface area contributed by atoms with E-state index in [4.69, 9.17) is 14.2 Å². The fraction of sp³-hybridized carbons (Fsp3) is 0.174. The lowest BCUT2D eigenvalue weighted by atomic mass is 10.1. The van der Waals surface area contributed by atoms with E-state index in [0.29, 0.717) is 24.7 Å². The Morgan fingerprint density at radius 1 is 0.964 bits per heavy atom. The number of amides is 1. The van der Waals surface area contributed by atoms with Crippen molar-refractivity contribution >= 4 is 22.8 Å². The monoisotopic (exact) mass is 377 g/mol. The van der Waals surface area contributed by atoms with Crippen LogP contribution in [0.15, 0.2) is 66.7 Å². The van der Waals surface area contributed by atoms with Crippen molar-refractivity contribution < 1.29 is 19.0 Å². The third-order valence-electron chi connectivity index (χ3n) is 4.26. The van der Waals surface area contributed by atoms with Crippen molar-refractivity contribution in [3.8, 4) is 17.2 Å². The lowest BCUT2D eigenvalue weighted by molar-refractivity contribution is -0.116. The third kappa shape index (κ3) is 4.82. The van der Waals surface area contributed by atoms with E-state index < -0.39 is 0 Å². The molecule has 0 saturated heterocycles. The SMILES string of the molecule is COc1ccc(/C=C/C(=O)NCCOc2cccc3ccccc23)c(OC)c1. The fourth-order valence-corrected chi connectivity index (χ4v) is 2.84. The van der Waals surface area contributed by atoms with Gasteiger partial charge in [-0.3, -0.25) is 4.79 Å². The van der Waals surface area contributed by atoms with Crippen LogP contribution >= 0.6 is 0 Å². The van der Waals surface area contributed by atoms with E-state index in [0.717, 1.165) is 22.1 Å². The molecule has 0 radical (unpaired) electrons. The van der Waals surface area contributed by atoms with Gasteiger partial charge in [0.2, 0.25) is 5.91 Å². The van der Waals surface area contributed by atoms with Crippen LogP contribution < -0.4 is 19.5 Å². The summed E-state index contributed by atoms with van der Waals surface area (Å²) in [4.78, 5) is 12.0. The first-order valence-corrected chi connectivity index (χ1v) is 9.00. The van der Waals surface area contributed by atoms with Gasteiger partial charge in [-0.15, -0.1) is 0 Å². The summed E-state index contributed by atoms with van der Waals surface area (Å²) >= 11 is 0. The smallest absolute Gasteiger partial charge is 0.244 e. The molecule has 0 spiro atoms. The average molecular weight is 377 g/mol. The maximum atomic E-state index is 12.0. The lowest BCUT2D eigenvalue weighted by Crippen LogP contribution is -2.26. The summed E-state index contributed by atoms with van der Waals surface area (Å²) in [6, 6.07) is 19.4. The second kappa shape index (κ2) is 9.46. The van der Waals surface area contributed by atoms with Crippen LogP contribution in [0.25, 0.3) is 16.8 Å². The summed E-state index contributed by atoms with van der Waals surface area (Å²) in [5.41, 5.74) is 0.797. The van der Waals surface area contributed by atoms with Crippen molar-refractivity contribution in [2.75, 3.05) is 27.4 Å². The van der Waals surface area contributed by atoms with Crippen LogP contribution in [0.3, 0.4) is 0 Å². The van der Waals surface area contributed by atoms with Crippen molar-refractivity contribution in [1.29, 1.82) is 0 Å². The maximum absolute atomic E-state index is 12.0. The van der Waals surface area contributed by atoms with E-state index >= 15 is 0 Å². The molecule has 0 aliphatic heterocycles. The average Bonchev–Trinajstić information content (AvgIpc) is 2.75. The molecular formula is C23H23NO4. The Morgan fingerprint density at radius 3 is 2.61 bits per heavy atom. The molecule has 3 aromatic rings. The number of carbonyl (C=O) groups is 1. The number of benzene rings is 3. The van der Waals surface area contributed by atoms with E-state index in [2.05, 4.69) is 5.32 Å². The molecule has 0 aromatic heterocycles. The van der Waals surface area contributed by atoms with Crippen LogP contribution in [0, 0.1) is 0 Å². The number of hydrogen-bond acceptors (Lipinski definition) is 4. The minimum absolute atomic E-state index is 0.195. The first-order valence-electron chi connectivity index (χ1n) is 9.00. The molecule has 0 saturated carbocycles. The van der Waals surface area contributed by atoms with Gasteiger partial charge in [0.1, 0.15) is 23.9 Å². The summed E-state index contributed by atoms with van der Waals surface area (Å²) in [5.74, 6) is 1.96. The number of methoxy groups -OCH3 is 2. The molecule has 0 bridgehead atoms. The van der Waals surface area contributed by atoms with Crippen LogP contribution in [0.4, 0.5) is 0 Å². The zero-order valence-corrected chi connectivity index (χ0v) is 16.0. The highest BCUT2D eigenvalue weighted by atomic mass is 16.5. The van der Waals surface area contributed by atoms with E-state index in [1.807, 2.05) is 54.6 Å². The molecule has 144 valence electrons. The number of rotatable bonds is 8. The van der Waals surface area contributed by atoms with E-state index in [1.54, 1.807) is 26.4 Å². The summed E-state index contributed by atoms with van der Waals surface area (Å²) in [5, 5.41) is 5.00. The van der Waals surface area contributed by atoms with Crippen molar-refractivity contribution in [2.45, 2.75) is 0 Å². The molecule has 5 heteroatoms. The van der Waals surface area contributed by atoms with Crippen molar-refractivity contribution in [3.05, 3.63) is 72.3 Å². The van der Waals surface area contributed by atoms with E-state index in [9.17, 15) is 4.79 Å². The predicted molar refractivity (Wildman–Crippen MR) is 111 cm³/mol. The largest absolute Gasteiger partial charge is 0.497 e. The topological polar surface area (TPSA) is 56.8 Å². The van der Waals surface area contributed by atoms with Gasteiger partial charge in [0.05, 0.1) is 20.8 Å². The summed E-state index contributed by atoms with van der Waals surface area (Å²) in [6.45, 7) is 0.797. The van der Waals surface area contributed by atoms with Gasteiger partial charge in [-0.25, -0.2) is 0 Å². The van der Waals surface area contributed by atoms with Gasteiger partial charge < -0.3 is 19.5 Å². The minimum Gasteiger partial charge on any atom is -0.497 e. The number of fused-ring (bicyclic) bond motifs is 1. The number of ether oxygens (including phenoxy) is 3. The van der Waals surface area contributed by atoms with Gasteiger partial charge in [0, 0.05) is 23.1 Å². The minimum atomic E-state index is -0.195. The summed E-state index contributed by atoms with van der Waals surface area (Å²) in [7, 11) is 3.18. The summed E-state index contributed by atoms with van der Waals surface area (Å²) < 4.78 is 16.3. The third-order valence-corrected chi connectivity index (χ3v) is 4.26. The van der Waals surface area contributed by atoms with Gasteiger partial charge >= 0.3 is 0 Å². The molecule has 0 aliphatic rings. The molecule has 1 N–H and O–H groups in total. The molecule has 0 atom stereocenters. The van der Waals surface area contributed by atoms with Crippen LogP contribution in [-0.4, -0.2) is 33.3 Å². The highest BCUT2D eigenvalue weighted by molar-refractivity contribution is 5.92. The number of hydrogen-bond donors (Lipinski definition) is 1. The first kappa shape index (κ1) is 19.3. The van der Waals surface area contributed by atoms with Gasteiger partial charge in [0.15, 0.2) is 0 Å². The number of nitrogens with one attached hydrogen (secondary N) is 1. The number of carbonyl (C=O) groups excluding carboxylic acids is 1. The molecule has 3 aromatic carbocycles. The van der Waals surface area contributed by atoms with Crippen molar-refractivity contribution in [2.24, 2.45) is 0 Å². The Kier molecular flexibility index (Phi) is 6.52. The molecule has 0 unspecified atom stereocenters. The van der Waals surface area contributed by atoms with Gasteiger partial charge in [-0.2, -0.15) is 0 Å². The molecular weight excluding hydrogens is 354 g/mol. The van der Waals surface area contributed by atoms with Crippen LogP contribution in [0.1, 0.15) is 5.56 Å². The molecule has 0 heterocycles. The normalized spacial score (nSPS) is 10.8. The summed E-state index contributed by atoms with van der Waals surface area (Å²) in [6.07, 6.45) is 3.18. The predicted octanol–water partition coefficient (Wildman–Crippen LogP) is 4.07. The van der Waals surface area contributed by atoms with Crippen LogP contribution in [0.2, 0.25) is 0 Å². The molecule has 1 amide bonds. The quantitative estimate of drug-likeness (QED) is 0.475. The Balaban J connectivity index is 1.51. The molecule has 3 rings (SSSR count). The van der Waals surface area contributed by atoms with Crippen LogP contribution in [0.5, 0.6) is 17.2 Å². The second-order valence-corrected chi connectivity index (χ2v) is 6.06. The first-order chi connectivity index (χ1) is 13.7. The Labute approximate surface area is 164 Å². The van der Waals surface area contributed by atoms with Gasteiger partial charge in [-0.05, 0) is 29.7 Å². The molecule has 0 aliphatic carbocycles. The molecule has 28 heavy (non-hydrogen) atoms. The Hall–Kier alpha value is -3.47. The maximum Gasteiger partial charge on any atom is 0.244 e. The van der Waals surface area contributed by atoms with Crippen molar-refractivity contribution in [3.63, 3.8) is 0 Å². The lowest BCUT2D eigenvalue weighted by Gasteiger charge is -2.09. The Bertz CT molecular complexity index is 976. The fourth-order valence-electron chi connectivity index (χ4n) is 2.84. The highest BCUT2D eigenvalue weighted by Gasteiger charge is 2.04. The molecule has 5 nitrogen and oxygen atoms in total. The second-order valence-electron chi connectivity index (χ2n) is 6.06. The van der Waals surface area contributed by atoms with Crippen molar-refractivity contribution in [1.82, 2.24) is 5.32 Å². The zero-order chi connectivity index (χ0) is 19.8. The van der Waals surface area contributed by atoms with E-state index in [-0.39, 0.29) is 5.91 Å². The zero-order valence-electron chi connectivity index (χ0n) is 16.0. The molecule has 0 fully saturated rings. The van der Waals surface area contributed by atoms with E-state index in [1.165, 1.54) is 6.08 Å². The van der Waals surface area contributed by atoms with Crippen LogP contribution in [-0.2, 0) is 4.79 Å². The van der Waals surface area contributed by atoms with Gasteiger partial charge in [-0.1, -0.05) is 36.4 Å². The standard InChI is InChI=1S/C23H23NO4/c1-26-19-12-10-18(22(16-19)27-2)11-13-23(25)24-14-15-28-21-9-5-7-17-6-3-4-8-20(17)21/h3-13,16H,14-15H2,1-2H3,(H,24,25)/b13-11+. The van der Waals surface area contributed by atoms with Gasteiger partial charge in [0.25, 0.3) is 0 Å².